The van der Waals surface area contributed by atoms with Crippen molar-refractivity contribution in [3.05, 3.63) is 22.8 Å². The fraction of sp³-hybridized carbons (Fsp3) is 0.636. The van der Waals surface area contributed by atoms with Crippen LogP contribution in [0.15, 0.2) is 22.8 Å². The third-order valence-corrected chi connectivity index (χ3v) is 2.14. The topological polar surface area (TPSA) is 0 Å². The second-order valence-corrected chi connectivity index (χ2v) is 3.73. The minimum absolute atomic E-state index is 0.671. The molecule has 0 aliphatic carbocycles. The van der Waals surface area contributed by atoms with E-state index >= 15 is 0 Å². The van der Waals surface area contributed by atoms with Crippen molar-refractivity contribution in [2.24, 2.45) is 5.92 Å². The molecule has 11 heavy (non-hydrogen) atoms. The molecule has 0 aliphatic rings. The predicted molar refractivity (Wildman–Crippen MR) is 52.6 cm³/mol. The lowest BCUT2D eigenvalue weighted by molar-refractivity contribution is 0.768. The van der Waals surface area contributed by atoms with Crippen molar-refractivity contribution in [2.75, 3.05) is 0 Å². The molecule has 0 heterocycles. The summed E-state index contributed by atoms with van der Waals surface area (Å²) in [5, 5.41) is 0. The molecule has 0 amide bonds. The molecule has 0 aliphatic heterocycles. The van der Waals surface area contributed by atoms with Gasteiger partial charge in [-0.2, -0.15) is 0 Å². The Labute approximate surface area is 71.0 Å². The van der Waals surface area contributed by atoms with E-state index in [-0.39, 0.29) is 0 Å². The van der Waals surface area contributed by atoms with E-state index in [9.17, 15) is 0 Å². The summed E-state index contributed by atoms with van der Waals surface area (Å²) in [7, 11) is 0. The van der Waals surface area contributed by atoms with Gasteiger partial charge in [-0.25, -0.2) is 0 Å². The predicted octanol–water partition coefficient (Wildman–Crippen LogP) is 3.95. The van der Waals surface area contributed by atoms with Crippen molar-refractivity contribution in [1.29, 1.82) is 0 Å². The molecule has 0 heteroatoms. The van der Waals surface area contributed by atoms with Gasteiger partial charge in [0.1, 0.15) is 0 Å². The molecule has 0 atom stereocenters. The largest absolute Gasteiger partial charge is 0.0735 e. The Hall–Kier alpha value is -0.520. The van der Waals surface area contributed by atoms with Crippen LogP contribution in [0.1, 0.15) is 41.5 Å². The normalized spacial score (nSPS) is 12.1. The van der Waals surface area contributed by atoms with Gasteiger partial charge in [0.2, 0.25) is 0 Å². The smallest absolute Gasteiger partial charge is 0.0260 e. The number of hydrogen-bond acceptors (Lipinski definition) is 0. The first-order valence-corrected chi connectivity index (χ1v) is 4.27. The van der Waals surface area contributed by atoms with Crippen molar-refractivity contribution in [3.63, 3.8) is 0 Å². The summed E-state index contributed by atoms with van der Waals surface area (Å²) in [5.74, 6) is 0.671. The molecule has 0 nitrogen and oxygen atoms in total. The van der Waals surface area contributed by atoms with Gasteiger partial charge in [0.15, 0.2) is 0 Å². The Morgan fingerprint density at radius 2 is 1.45 bits per heavy atom. The summed E-state index contributed by atoms with van der Waals surface area (Å²) in [6.45, 7) is 13.1. The Kier molecular flexibility index (Phi) is 4.17. The minimum atomic E-state index is 0.671. The molecule has 0 radical (unpaired) electrons. The van der Waals surface area contributed by atoms with Gasteiger partial charge in [-0.3, -0.25) is 0 Å². The van der Waals surface area contributed by atoms with Crippen LogP contribution in [0.4, 0.5) is 0 Å². The van der Waals surface area contributed by atoms with Gasteiger partial charge >= 0.3 is 0 Å². The maximum Gasteiger partial charge on any atom is -0.0260 e. The third-order valence-electron chi connectivity index (χ3n) is 2.14. The summed E-state index contributed by atoms with van der Waals surface area (Å²) in [4.78, 5) is 0. The molecule has 0 aromatic heterocycles. The van der Waals surface area contributed by atoms with Crippen LogP contribution in [0.25, 0.3) is 0 Å². The van der Waals surface area contributed by atoms with E-state index in [0.717, 1.165) is 0 Å². The van der Waals surface area contributed by atoms with Gasteiger partial charge in [0, 0.05) is 0 Å². The monoisotopic (exact) mass is 152 g/mol. The molecule has 0 bridgehead atoms. The van der Waals surface area contributed by atoms with Gasteiger partial charge in [-0.1, -0.05) is 36.6 Å². The third kappa shape index (κ3) is 4.02. The van der Waals surface area contributed by atoms with Crippen LogP contribution < -0.4 is 0 Å². The van der Waals surface area contributed by atoms with E-state index in [4.69, 9.17) is 0 Å². The van der Waals surface area contributed by atoms with E-state index in [1.54, 1.807) is 0 Å². The summed E-state index contributed by atoms with van der Waals surface area (Å²) in [6.07, 6.45) is 2.28. The second kappa shape index (κ2) is 4.38. The van der Waals surface area contributed by atoms with E-state index in [0.29, 0.717) is 5.92 Å². The number of hydrogen-bond donors (Lipinski definition) is 0. The zero-order chi connectivity index (χ0) is 9.02. The first-order chi connectivity index (χ1) is 4.95. The number of rotatable bonds is 2. The second-order valence-electron chi connectivity index (χ2n) is 3.73. The molecule has 0 N–H and O–H groups in total. The molecule has 0 spiro atoms. The highest BCUT2D eigenvalue weighted by Crippen LogP contribution is 2.13. The van der Waals surface area contributed by atoms with E-state index in [2.05, 4.69) is 47.6 Å². The lowest BCUT2D eigenvalue weighted by Crippen LogP contribution is -1.89. The summed E-state index contributed by atoms with van der Waals surface area (Å²) in [5.41, 5.74) is 4.27. The van der Waals surface area contributed by atoms with Crippen LogP contribution in [-0.2, 0) is 0 Å². The molecular formula is C11H20. The first-order valence-electron chi connectivity index (χ1n) is 4.27. The highest BCUT2D eigenvalue weighted by atomic mass is 14.0. The molecule has 0 saturated carbocycles. The average Bonchev–Trinajstić information content (AvgIpc) is 1.87. The van der Waals surface area contributed by atoms with Gasteiger partial charge in [-0.15, -0.1) is 0 Å². The van der Waals surface area contributed by atoms with Crippen molar-refractivity contribution >= 4 is 0 Å². The van der Waals surface area contributed by atoms with E-state index in [1.165, 1.54) is 16.7 Å². The van der Waals surface area contributed by atoms with Crippen molar-refractivity contribution in [1.82, 2.24) is 0 Å². The highest BCUT2D eigenvalue weighted by molar-refractivity contribution is 5.25. The van der Waals surface area contributed by atoms with E-state index < -0.39 is 0 Å². The van der Waals surface area contributed by atoms with Crippen LogP contribution in [0, 0.1) is 5.92 Å². The molecule has 64 valence electrons. The standard InChI is InChI=1S/C11H20/c1-8(2)10(5)7-11(6)9(3)4/h7-8H,1-6H3/b10-7+. The van der Waals surface area contributed by atoms with Crippen molar-refractivity contribution < 1.29 is 0 Å². The van der Waals surface area contributed by atoms with Gasteiger partial charge in [0.05, 0.1) is 0 Å². The van der Waals surface area contributed by atoms with Gasteiger partial charge < -0.3 is 0 Å². The van der Waals surface area contributed by atoms with Crippen LogP contribution in [0.5, 0.6) is 0 Å². The maximum absolute atomic E-state index is 2.28. The lowest BCUT2D eigenvalue weighted by Gasteiger charge is -2.05. The van der Waals surface area contributed by atoms with Crippen LogP contribution in [0.2, 0.25) is 0 Å². The quantitative estimate of drug-likeness (QED) is 0.526. The molecule has 0 unspecified atom stereocenters. The zero-order valence-corrected chi connectivity index (χ0v) is 8.65. The molecule has 0 aromatic rings. The Balaban J connectivity index is 4.44. The molecule has 0 aromatic carbocycles. The number of allylic oxidation sites excluding steroid dienone is 4. The summed E-state index contributed by atoms with van der Waals surface area (Å²) in [6, 6.07) is 0. The fourth-order valence-electron chi connectivity index (χ4n) is 0.653. The summed E-state index contributed by atoms with van der Waals surface area (Å²) < 4.78 is 0. The zero-order valence-electron chi connectivity index (χ0n) is 8.65. The highest BCUT2D eigenvalue weighted by Gasteiger charge is 1.95. The first kappa shape index (κ1) is 10.5. The summed E-state index contributed by atoms with van der Waals surface area (Å²) >= 11 is 0. The van der Waals surface area contributed by atoms with Gasteiger partial charge in [0.25, 0.3) is 0 Å². The molecule has 0 fully saturated rings. The maximum atomic E-state index is 2.28. The Morgan fingerprint density at radius 1 is 1.00 bits per heavy atom. The molecular weight excluding hydrogens is 132 g/mol. The average molecular weight is 152 g/mol. The fourth-order valence-corrected chi connectivity index (χ4v) is 0.653. The van der Waals surface area contributed by atoms with Gasteiger partial charge in [-0.05, 0) is 33.6 Å². The minimum Gasteiger partial charge on any atom is -0.0735 e. The van der Waals surface area contributed by atoms with Crippen molar-refractivity contribution in [3.8, 4) is 0 Å². The Bertz CT molecular complexity index is 176. The molecule has 0 rings (SSSR count). The van der Waals surface area contributed by atoms with Crippen LogP contribution in [0.3, 0.4) is 0 Å². The van der Waals surface area contributed by atoms with Crippen molar-refractivity contribution in [2.45, 2.75) is 41.5 Å². The molecule has 0 saturated heterocycles. The lowest BCUT2D eigenvalue weighted by atomic mass is 10.0. The van der Waals surface area contributed by atoms with Crippen LogP contribution >= 0.6 is 0 Å². The van der Waals surface area contributed by atoms with Crippen LogP contribution in [-0.4, -0.2) is 0 Å². The Morgan fingerprint density at radius 3 is 1.73 bits per heavy atom. The van der Waals surface area contributed by atoms with E-state index in [1.807, 2.05) is 0 Å². The SMILES string of the molecule is CC(C)=C(C)/C=C(\C)C(C)C.